The van der Waals surface area contributed by atoms with Crippen LogP contribution in [0.4, 0.5) is 5.69 Å². The number of halogens is 1. The Bertz CT molecular complexity index is 727. The minimum Gasteiger partial charge on any atom is -0.496 e. The van der Waals surface area contributed by atoms with E-state index in [1.54, 1.807) is 38.5 Å². The molecule has 0 bridgehead atoms. The molecule has 2 amide bonds. The lowest BCUT2D eigenvalue weighted by Gasteiger charge is -2.09. The second-order valence-corrected chi connectivity index (χ2v) is 5.45. The van der Waals surface area contributed by atoms with E-state index < -0.39 is 0 Å². The average molecular weight is 337 g/mol. The molecule has 0 radical (unpaired) electrons. The summed E-state index contributed by atoms with van der Waals surface area (Å²) < 4.78 is 6.61. The largest absolute Gasteiger partial charge is 0.496 e. The molecule has 23 heavy (non-hydrogen) atoms. The van der Waals surface area contributed by atoms with E-state index in [-0.39, 0.29) is 18.4 Å². The zero-order valence-corrected chi connectivity index (χ0v) is 13.8. The summed E-state index contributed by atoms with van der Waals surface area (Å²) in [5, 5.41) is 7.23. The standard InChI is InChI=1S/C15H17ClN4O3/c1-19(2)14(21)9-20-8-11(7-17-20)18-15(22)12-5-4-10(16)6-13(12)23-3/h4-8H,9H2,1-3H3,(H,18,22). The minimum absolute atomic E-state index is 0.0923. The van der Waals surface area contributed by atoms with Crippen molar-refractivity contribution in [3.8, 4) is 5.75 Å². The third kappa shape index (κ3) is 4.23. The molecule has 0 aliphatic carbocycles. The van der Waals surface area contributed by atoms with Crippen LogP contribution in [0.2, 0.25) is 5.02 Å². The average Bonchev–Trinajstić information content (AvgIpc) is 2.93. The SMILES string of the molecule is COc1cc(Cl)ccc1C(=O)Nc1cnn(CC(=O)N(C)C)c1. The molecule has 0 aliphatic heterocycles. The first kappa shape index (κ1) is 16.8. The predicted molar refractivity (Wildman–Crippen MR) is 86.9 cm³/mol. The van der Waals surface area contributed by atoms with E-state index in [0.717, 1.165) is 0 Å². The molecule has 0 saturated heterocycles. The second kappa shape index (κ2) is 7.15. The molecule has 0 aliphatic rings. The molecule has 0 atom stereocenters. The lowest BCUT2D eigenvalue weighted by atomic mass is 10.2. The summed E-state index contributed by atoms with van der Waals surface area (Å²) in [6, 6.07) is 4.75. The van der Waals surface area contributed by atoms with Crippen LogP contribution in [0.15, 0.2) is 30.6 Å². The molecule has 1 N–H and O–H groups in total. The summed E-state index contributed by atoms with van der Waals surface area (Å²) in [7, 11) is 4.80. The highest BCUT2D eigenvalue weighted by atomic mass is 35.5. The van der Waals surface area contributed by atoms with Gasteiger partial charge in [-0.1, -0.05) is 11.6 Å². The van der Waals surface area contributed by atoms with Crippen molar-refractivity contribution in [3.63, 3.8) is 0 Å². The van der Waals surface area contributed by atoms with Crippen LogP contribution in [0.5, 0.6) is 5.75 Å². The highest BCUT2D eigenvalue weighted by Crippen LogP contribution is 2.24. The van der Waals surface area contributed by atoms with Gasteiger partial charge < -0.3 is 15.0 Å². The molecule has 1 heterocycles. The third-order valence-corrected chi connectivity index (χ3v) is 3.33. The first-order chi connectivity index (χ1) is 10.9. The van der Waals surface area contributed by atoms with Crippen molar-refractivity contribution in [2.75, 3.05) is 26.5 Å². The summed E-state index contributed by atoms with van der Waals surface area (Å²) in [5.41, 5.74) is 0.840. The van der Waals surface area contributed by atoms with Crippen LogP contribution in [-0.4, -0.2) is 47.7 Å². The first-order valence-electron chi connectivity index (χ1n) is 6.78. The number of rotatable bonds is 5. The number of hydrogen-bond acceptors (Lipinski definition) is 4. The van der Waals surface area contributed by atoms with E-state index >= 15 is 0 Å². The zero-order valence-electron chi connectivity index (χ0n) is 13.0. The van der Waals surface area contributed by atoms with Crippen molar-refractivity contribution in [2.45, 2.75) is 6.54 Å². The number of hydrogen-bond donors (Lipinski definition) is 1. The molecule has 122 valence electrons. The molecule has 0 spiro atoms. The number of carbonyl (C=O) groups excluding carboxylic acids is 2. The molecule has 0 unspecified atom stereocenters. The lowest BCUT2D eigenvalue weighted by molar-refractivity contribution is -0.129. The maximum absolute atomic E-state index is 12.3. The van der Waals surface area contributed by atoms with Crippen LogP contribution in [0.3, 0.4) is 0 Å². The topological polar surface area (TPSA) is 76.5 Å². The Labute approximate surface area is 138 Å². The Kier molecular flexibility index (Phi) is 5.23. The number of anilines is 1. The number of benzene rings is 1. The van der Waals surface area contributed by atoms with Gasteiger partial charge >= 0.3 is 0 Å². The molecular weight excluding hydrogens is 320 g/mol. The highest BCUT2D eigenvalue weighted by Gasteiger charge is 2.14. The van der Waals surface area contributed by atoms with E-state index in [1.165, 1.54) is 22.9 Å². The van der Waals surface area contributed by atoms with Crippen LogP contribution in [0.1, 0.15) is 10.4 Å². The van der Waals surface area contributed by atoms with Crippen LogP contribution in [-0.2, 0) is 11.3 Å². The molecule has 0 saturated carbocycles. The molecule has 2 rings (SSSR count). The van der Waals surface area contributed by atoms with Gasteiger partial charge in [-0.05, 0) is 18.2 Å². The van der Waals surface area contributed by atoms with Gasteiger partial charge in [0.05, 0.1) is 24.6 Å². The minimum atomic E-state index is -0.350. The highest BCUT2D eigenvalue weighted by molar-refractivity contribution is 6.31. The third-order valence-electron chi connectivity index (χ3n) is 3.10. The van der Waals surface area contributed by atoms with Crippen molar-refractivity contribution >= 4 is 29.1 Å². The number of carbonyl (C=O) groups is 2. The Balaban J connectivity index is 2.09. The fourth-order valence-electron chi connectivity index (χ4n) is 1.85. The van der Waals surface area contributed by atoms with Gasteiger partial charge in [-0.15, -0.1) is 0 Å². The molecule has 0 fully saturated rings. The van der Waals surface area contributed by atoms with Gasteiger partial charge in [-0.2, -0.15) is 5.10 Å². The maximum Gasteiger partial charge on any atom is 0.259 e. The number of methoxy groups -OCH3 is 1. The number of likely N-dealkylation sites (N-methyl/N-ethyl adjacent to an activating group) is 1. The molecule has 1 aromatic carbocycles. The van der Waals surface area contributed by atoms with Crippen molar-refractivity contribution in [1.82, 2.24) is 14.7 Å². The quantitative estimate of drug-likeness (QED) is 0.904. The number of aromatic nitrogens is 2. The van der Waals surface area contributed by atoms with Crippen molar-refractivity contribution in [3.05, 3.63) is 41.2 Å². The Morgan fingerprint density at radius 1 is 1.39 bits per heavy atom. The number of amides is 2. The van der Waals surface area contributed by atoms with Gasteiger partial charge in [0.15, 0.2) is 0 Å². The predicted octanol–water partition coefficient (Wildman–Crippen LogP) is 1.89. The summed E-state index contributed by atoms with van der Waals surface area (Å²) in [6.45, 7) is 0.104. The number of nitrogens with zero attached hydrogens (tertiary/aromatic N) is 3. The first-order valence-corrected chi connectivity index (χ1v) is 7.16. The summed E-state index contributed by atoms with van der Waals surface area (Å²) >= 11 is 5.88. The summed E-state index contributed by atoms with van der Waals surface area (Å²) in [4.78, 5) is 25.4. The van der Waals surface area contributed by atoms with Crippen molar-refractivity contribution in [1.29, 1.82) is 0 Å². The van der Waals surface area contributed by atoms with E-state index in [1.807, 2.05) is 0 Å². The van der Waals surface area contributed by atoms with Crippen molar-refractivity contribution in [2.24, 2.45) is 0 Å². The fourth-order valence-corrected chi connectivity index (χ4v) is 2.01. The normalized spacial score (nSPS) is 10.3. The second-order valence-electron chi connectivity index (χ2n) is 5.01. The van der Waals surface area contributed by atoms with E-state index in [2.05, 4.69) is 10.4 Å². The van der Waals surface area contributed by atoms with Gasteiger partial charge in [-0.25, -0.2) is 0 Å². The smallest absolute Gasteiger partial charge is 0.259 e. The van der Waals surface area contributed by atoms with Crippen LogP contribution in [0.25, 0.3) is 0 Å². The Morgan fingerprint density at radius 2 is 2.13 bits per heavy atom. The van der Waals surface area contributed by atoms with Gasteiger partial charge in [0.2, 0.25) is 5.91 Å². The summed E-state index contributed by atoms with van der Waals surface area (Å²) in [6.07, 6.45) is 3.06. The van der Waals surface area contributed by atoms with Crippen LogP contribution < -0.4 is 10.1 Å². The molecule has 2 aromatic rings. The number of ether oxygens (including phenoxy) is 1. The van der Waals surface area contributed by atoms with E-state index in [0.29, 0.717) is 22.0 Å². The van der Waals surface area contributed by atoms with Gasteiger partial charge in [-0.3, -0.25) is 14.3 Å². The van der Waals surface area contributed by atoms with E-state index in [4.69, 9.17) is 16.3 Å². The molecule has 8 heteroatoms. The monoisotopic (exact) mass is 336 g/mol. The molecular formula is C15H17ClN4O3. The van der Waals surface area contributed by atoms with Crippen molar-refractivity contribution < 1.29 is 14.3 Å². The Hall–Kier alpha value is -2.54. The van der Waals surface area contributed by atoms with Gasteiger partial charge in [0.1, 0.15) is 12.3 Å². The van der Waals surface area contributed by atoms with Crippen LogP contribution >= 0.6 is 11.6 Å². The van der Waals surface area contributed by atoms with Gasteiger partial charge in [0.25, 0.3) is 5.91 Å². The van der Waals surface area contributed by atoms with Crippen LogP contribution in [0, 0.1) is 0 Å². The van der Waals surface area contributed by atoms with E-state index in [9.17, 15) is 9.59 Å². The number of nitrogens with one attached hydrogen (secondary N) is 1. The maximum atomic E-state index is 12.3. The Morgan fingerprint density at radius 3 is 2.78 bits per heavy atom. The lowest BCUT2D eigenvalue weighted by Crippen LogP contribution is -2.26. The molecule has 7 nitrogen and oxygen atoms in total. The molecule has 1 aromatic heterocycles. The summed E-state index contributed by atoms with van der Waals surface area (Å²) in [5.74, 6) is -0.0625. The van der Waals surface area contributed by atoms with Gasteiger partial charge in [0, 0.05) is 25.3 Å². The fraction of sp³-hybridized carbons (Fsp3) is 0.267. The zero-order chi connectivity index (χ0) is 17.0.